The van der Waals surface area contributed by atoms with Crippen molar-refractivity contribution in [3.8, 4) is 0 Å². The van der Waals surface area contributed by atoms with Gasteiger partial charge in [0, 0.05) is 12.2 Å². The van der Waals surface area contributed by atoms with Gasteiger partial charge in [-0.2, -0.15) is 0 Å². The summed E-state index contributed by atoms with van der Waals surface area (Å²) in [6, 6.07) is 5.97. The van der Waals surface area contributed by atoms with E-state index in [1.54, 1.807) is 19.1 Å². The molecule has 9 heteroatoms. The number of aromatic nitrogens is 1. The summed E-state index contributed by atoms with van der Waals surface area (Å²) in [4.78, 5) is 29.8. The number of fused-ring (bicyclic) bond motifs is 1. The number of hydrogen-bond donors (Lipinski definition) is 4. The minimum absolute atomic E-state index is 0.170. The molecule has 0 saturated carbocycles. The number of benzene rings is 1. The van der Waals surface area contributed by atoms with Gasteiger partial charge in [0.2, 0.25) is 11.8 Å². The molecule has 1 aromatic heterocycles. The van der Waals surface area contributed by atoms with Crippen LogP contribution in [0.3, 0.4) is 0 Å². The highest BCUT2D eigenvalue weighted by Crippen LogP contribution is 2.30. The van der Waals surface area contributed by atoms with Crippen LogP contribution in [0.15, 0.2) is 36.4 Å². The monoisotopic (exact) mass is 455 g/mol. The molecule has 3 atom stereocenters. The third kappa shape index (κ3) is 5.03. The fourth-order valence-corrected chi connectivity index (χ4v) is 4.38. The molecule has 33 heavy (non-hydrogen) atoms. The average Bonchev–Trinajstić information content (AvgIpc) is 3.20. The Morgan fingerprint density at radius 1 is 1.27 bits per heavy atom. The predicted molar refractivity (Wildman–Crippen MR) is 121 cm³/mol. The highest BCUT2D eigenvalue weighted by Gasteiger charge is 2.29. The third-order valence-corrected chi connectivity index (χ3v) is 6.11. The lowest BCUT2D eigenvalue weighted by Crippen LogP contribution is -2.52. The van der Waals surface area contributed by atoms with Gasteiger partial charge in [-0.3, -0.25) is 9.59 Å². The number of nitrogens with one attached hydrogen (secondary N) is 3. The molecule has 7 nitrogen and oxygen atoms in total. The van der Waals surface area contributed by atoms with Gasteiger partial charge in [-0.1, -0.05) is 18.2 Å². The van der Waals surface area contributed by atoms with E-state index in [9.17, 15) is 18.4 Å². The molecule has 0 radical (unpaired) electrons. The van der Waals surface area contributed by atoms with Crippen molar-refractivity contribution in [1.29, 1.82) is 0 Å². The maximum atomic E-state index is 13.5. The second-order valence-corrected chi connectivity index (χ2v) is 8.41. The highest BCUT2D eigenvalue weighted by atomic mass is 19.1. The number of carbonyl (C=O) groups excluding carboxylic acids is 2. The standard InChI is InChI=1S/C24H27F2N5O2/c1-13(23(32)31-20-6-5-19-18(20)4-7-22(27)30-19)29-24(33)21-11-14(8-9-28-21)17-3-2-16(26)10-15(17)12-25/h2-4,7,10-11,13,20-21,28H,5-6,8-9,12H2,1H3,(H2,27,30)(H,29,33)(H,31,32)/t13?,20-,21-/m1/s1. The fourth-order valence-electron chi connectivity index (χ4n) is 4.38. The molecule has 1 aliphatic heterocycles. The Bertz CT molecular complexity index is 1100. The van der Waals surface area contributed by atoms with Gasteiger partial charge in [-0.15, -0.1) is 0 Å². The fraction of sp³-hybridized carbons (Fsp3) is 0.375. The van der Waals surface area contributed by atoms with Crippen molar-refractivity contribution in [3.05, 3.63) is 64.6 Å². The summed E-state index contributed by atoms with van der Waals surface area (Å²) >= 11 is 0. The number of anilines is 1. The Morgan fingerprint density at radius 2 is 2.09 bits per heavy atom. The number of nitrogen functional groups attached to an aromatic ring is 1. The number of nitrogens with zero attached hydrogens (tertiary/aromatic N) is 1. The summed E-state index contributed by atoms with van der Waals surface area (Å²) in [5.74, 6) is -0.705. The minimum Gasteiger partial charge on any atom is -0.384 e. The first kappa shape index (κ1) is 22.8. The van der Waals surface area contributed by atoms with Crippen molar-refractivity contribution in [3.63, 3.8) is 0 Å². The zero-order valence-corrected chi connectivity index (χ0v) is 18.3. The molecule has 2 aromatic rings. The van der Waals surface area contributed by atoms with E-state index in [0.29, 0.717) is 24.3 Å². The van der Waals surface area contributed by atoms with Crippen molar-refractivity contribution < 1.29 is 18.4 Å². The van der Waals surface area contributed by atoms with Crippen LogP contribution in [0.1, 0.15) is 48.2 Å². The molecule has 1 unspecified atom stereocenters. The van der Waals surface area contributed by atoms with E-state index >= 15 is 0 Å². The lowest BCUT2D eigenvalue weighted by Gasteiger charge is -2.25. The zero-order valence-electron chi connectivity index (χ0n) is 18.3. The molecule has 4 rings (SSSR count). The summed E-state index contributed by atoms with van der Waals surface area (Å²) in [6.45, 7) is 1.33. The average molecular weight is 456 g/mol. The van der Waals surface area contributed by atoms with Crippen molar-refractivity contribution in [2.24, 2.45) is 0 Å². The highest BCUT2D eigenvalue weighted by molar-refractivity contribution is 5.92. The molecule has 1 aliphatic carbocycles. The van der Waals surface area contributed by atoms with Crippen molar-refractivity contribution in [1.82, 2.24) is 20.9 Å². The molecule has 5 N–H and O–H groups in total. The van der Waals surface area contributed by atoms with Crippen LogP contribution < -0.4 is 21.7 Å². The number of rotatable bonds is 6. The molecule has 2 amide bonds. The lowest BCUT2D eigenvalue weighted by molar-refractivity contribution is -0.129. The summed E-state index contributed by atoms with van der Waals surface area (Å²) < 4.78 is 26.8. The lowest BCUT2D eigenvalue weighted by atomic mass is 9.93. The van der Waals surface area contributed by atoms with Crippen molar-refractivity contribution in [2.75, 3.05) is 12.3 Å². The normalized spacial score (nSPS) is 20.5. The Balaban J connectivity index is 1.40. The topological polar surface area (TPSA) is 109 Å². The second-order valence-electron chi connectivity index (χ2n) is 8.41. The number of amides is 2. The van der Waals surface area contributed by atoms with E-state index in [1.165, 1.54) is 18.2 Å². The maximum absolute atomic E-state index is 13.5. The first-order valence-electron chi connectivity index (χ1n) is 11.0. The van der Waals surface area contributed by atoms with Crippen LogP contribution in [0.25, 0.3) is 5.57 Å². The quantitative estimate of drug-likeness (QED) is 0.535. The summed E-state index contributed by atoms with van der Waals surface area (Å²) in [6.07, 6.45) is 3.75. The zero-order chi connectivity index (χ0) is 23.5. The van der Waals surface area contributed by atoms with Gasteiger partial charge in [0.1, 0.15) is 30.4 Å². The van der Waals surface area contributed by atoms with E-state index < -0.39 is 24.6 Å². The van der Waals surface area contributed by atoms with E-state index in [0.717, 1.165) is 29.7 Å². The number of halogens is 2. The molecular formula is C24H27F2N5O2. The number of hydrogen-bond acceptors (Lipinski definition) is 5. The number of nitrogens with two attached hydrogens (primary N) is 1. The van der Waals surface area contributed by atoms with Gasteiger partial charge >= 0.3 is 0 Å². The first-order valence-corrected chi connectivity index (χ1v) is 11.0. The summed E-state index contributed by atoms with van der Waals surface area (Å²) in [7, 11) is 0. The van der Waals surface area contributed by atoms with Gasteiger partial charge in [0.15, 0.2) is 0 Å². The number of pyridine rings is 1. The number of carbonyl (C=O) groups is 2. The largest absolute Gasteiger partial charge is 0.384 e. The van der Waals surface area contributed by atoms with Crippen LogP contribution in [0.5, 0.6) is 0 Å². The molecule has 2 aliphatic rings. The summed E-state index contributed by atoms with van der Waals surface area (Å²) in [5, 5.41) is 8.80. The first-order chi connectivity index (χ1) is 15.9. The van der Waals surface area contributed by atoms with Gasteiger partial charge in [0.25, 0.3) is 0 Å². The van der Waals surface area contributed by atoms with Crippen LogP contribution >= 0.6 is 0 Å². The second kappa shape index (κ2) is 9.66. The van der Waals surface area contributed by atoms with Crippen molar-refractivity contribution >= 4 is 23.2 Å². The van der Waals surface area contributed by atoms with E-state index in [4.69, 9.17) is 5.73 Å². The summed E-state index contributed by atoms with van der Waals surface area (Å²) in [5.41, 5.74) is 9.18. The Labute approximate surface area is 190 Å². The molecule has 2 heterocycles. The minimum atomic E-state index is -0.793. The molecule has 0 fully saturated rings. The third-order valence-electron chi connectivity index (χ3n) is 6.11. The number of alkyl halides is 1. The van der Waals surface area contributed by atoms with Crippen LogP contribution in [0, 0.1) is 5.82 Å². The van der Waals surface area contributed by atoms with E-state index in [2.05, 4.69) is 20.9 Å². The van der Waals surface area contributed by atoms with Gasteiger partial charge < -0.3 is 21.7 Å². The van der Waals surface area contributed by atoms with Crippen LogP contribution in [-0.4, -0.2) is 35.4 Å². The van der Waals surface area contributed by atoms with Crippen LogP contribution in [-0.2, 0) is 22.7 Å². The van der Waals surface area contributed by atoms with E-state index in [-0.39, 0.29) is 23.4 Å². The molecular weight excluding hydrogens is 428 g/mol. The molecule has 0 bridgehead atoms. The smallest absolute Gasteiger partial charge is 0.242 e. The van der Waals surface area contributed by atoms with Crippen LogP contribution in [0.4, 0.5) is 14.6 Å². The molecule has 0 saturated heterocycles. The maximum Gasteiger partial charge on any atom is 0.242 e. The SMILES string of the molecule is CC(NC(=O)[C@H]1C=C(c2ccc(F)cc2CF)CCN1)C(=O)N[C@@H]1CCc2nc(N)ccc21. The molecule has 1 aromatic carbocycles. The Hall–Kier alpha value is -3.33. The van der Waals surface area contributed by atoms with Gasteiger partial charge in [0.05, 0.1) is 6.04 Å². The Kier molecular flexibility index (Phi) is 6.69. The van der Waals surface area contributed by atoms with Crippen LogP contribution in [0.2, 0.25) is 0 Å². The predicted octanol–water partition coefficient (Wildman–Crippen LogP) is 2.33. The van der Waals surface area contributed by atoms with Gasteiger partial charge in [-0.25, -0.2) is 13.8 Å². The van der Waals surface area contributed by atoms with Gasteiger partial charge in [-0.05, 0) is 66.6 Å². The van der Waals surface area contributed by atoms with E-state index in [1.807, 2.05) is 6.07 Å². The molecule has 174 valence electrons. The Morgan fingerprint density at radius 3 is 2.88 bits per heavy atom. The molecule has 0 spiro atoms. The van der Waals surface area contributed by atoms with Crippen molar-refractivity contribution in [2.45, 2.75) is 51.0 Å². The number of aryl methyl sites for hydroxylation is 1.